The van der Waals surface area contributed by atoms with Crippen molar-refractivity contribution in [2.75, 3.05) is 18.4 Å². The van der Waals surface area contributed by atoms with E-state index in [1.165, 1.54) is 11.3 Å². The number of rotatable bonds is 6. The van der Waals surface area contributed by atoms with E-state index in [9.17, 15) is 9.59 Å². The van der Waals surface area contributed by atoms with E-state index in [0.29, 0.717) is 21.9 Å². The van der Waals surface area contributed by atoms with Crippen molar-refractivity contribution < 1.29 is 14.3 Å². The molecule has 3 aromatic rings. The fourth-order valence-electron chi connectivity index (χ4n) is 3.55. The molecule has 2 amide bonds. The van der Waals surface area contributed by atoms with Gasteiger partial charge in [-0.05, 0) is 54.9 Å². The molecule has 154 valence electrons. The molecule has 4 rings (SSSR count). The molecular formula is C23H23N3O3S. The van der Waals surface area contributed by atoms with Gasteiger partial charge in [0.05, 0.1) is 5.56 Å². The summed E-state index contributed by atoms with van der Waals surface area (Å²) in [7, 11) is 0. The van der Waals surface area contributed by atoms with Gasteiger partial charge in [-0.2, -0.15) is 0 Å². The maximum atomic E-state index is 12.8. The number of carbonyl (C=O) groups is 2. The lowest BCUT2D eigenvalue weighted by Crippen LogP contribution is -2.30. The molecule has 0 bridgehead atoms. The van der Waals surface area contributed by atoms with Crippen molar-refractivity contribution in [2.45, 2.75) is 19.9 Å². The van der Waals surface area contributed by atoms with Crippen LogP contribution in [-0.2, 0) is 13.0 Å². The Bertz CT molecular complexity index is 1060. The Labute approximate surface area is 179 Å². The second-order valence-corrected chi connectivity index (χ2v) is 8.19. The zero-order chi connectivity index (χ0) is 21.1. The number of likely N-dealkylation sites (N-methyl/N-ethyl adjacent to an activating group) is 1. The van der Waals surface area contributed by atoms with Crippen LogP contribution < -0.4 is 15.8 Å². The number of nitrogens with two attached hydrogens (primary N) is 1. The lowest BCUT2D eigenvalue weighted by Gasteiger charge is -2.25. The third-order valence-corrected chi connectivity index (χ3v) is 6.28. The van der Waals surface area contributed by atoms with Crippen molar-refractivity contribution in [2.24, 2.45) is 5.73 Å². The Kier molecular flexibility index (Phi) is 5.83. The quantitative estimate of drug-likeness (QED) is 0.623. The average molecular weight is 422 g/mol. The smallest absolute Gasteiger partial charge is 0.256 e. The molecule has 0 radical (unpaired) electrons. The minimum atomic E-state index is -0.501. The number of benzene rings is 2. The van der Waals surface area contributed by atoms with E-state index in [-0.39, 0.29) is 5.91 Å². The molecule has 0 aliphatic carbocycles. The number of amides is 2. The monoisotopic (exact) mass is 421 g/mol. The molecule has 0 saturated carbocycles. The minimum Gasteiger partial charge on any atom is -0.457 e. The fourth-order valence-corrected chi connectivity index (χ4v) is 4.84. The lowest BCUT2D eigenvalue weighted by molar-refractivity contribution is 0.1000. The van der Waals surface area contributed by atoms with Crippen LogP contribution in [0.4, 0.5) is 5.00 Å². The van der Waals surface area contributed by atoms with Gasteiger partial charge in [0.2, 0.25) is 0 Å². The SMILES string of the molecule is CCN1CCc2c(sc(NC(=O)c3ccc(Oc4ccccc4)cc3)c2C(N)=O)C1. The van der Waals surface area contributed by atoms with Gasteiger partial charge < -0.3 is 15.8 Å². The number of hydrogen-bond acceptors (Lipinski definition) is 5. The summed E-state index contributed by atoms with van der Waals surface area (Å²) in [4.78, 5) is 28.3. The van der Waals surface area contributed by atoms with Crippen LogP contribution in [-0.4, -0.2) is 29.8 Å². The first-order valence-electron chi connectivity index (χ1n) is 9.86. The van der Waals surface area contributed by atoms with E-state index in [2.05, 4.69) is 17.1 Å². The number of nitrogens with zero attached hydrogens (tertiary/aromatic N) is 1. The predicted octanol–water partition coefficient (Wildman–Crippen LogP) is 4.27. The first kappa shape index (κ1) is 20.1. The van der Waals surface area contributed by atoms with Crippen molar-refractivity contribution in [3.8, 4) is 11.5 Å². The molecule has 2 heterocycles. The molecule has 0 saturated heterocycles. The summed E-state index contributed by atoms with van der Waals surface area (Å²) in [6, 6.07) is 16.3. The van der Waals surface area contributed by atoms with Crippen molar-refractivity contribution in [3.05, 3.63) is 76.2 Å². The van der Waals surface area contributed by atoms with Gasteiger partial charge in [-0.3, -0.25) is 14.5 Å². The number of fused-ring (bicyclic) bond motifs is 1. The highest BCUT2D eigenvalue weighted by molar-refractivity contribution is 7.17. The molecule has 1 aromatic heterocycles. The van der Waals surface area contributed by atoms with E-state index in [1.807, 2.05) is 30.3 Å². The Morgan fingerprint density at radius 1 is 1.10 bits per heavy atom. The van der Waals surface area contributed by atoms with E-state index < -0.39 is 5.91 Å². The van der Waals surface area contributed by atoms with Gasteiger partial charge >= 0.3 is 0 Å². The Hall–Kier alpha value is -3.16. The van der Waals surface area contributed by atoms with Gasteiger partial charge in [-0.1, -0.05) is 25.1 Å². The molecule has 3 N–H and O–H groups in total. The molecule has 0 atom stereocenters. The zero-order valence-corrected chi connectivity index (χ0v) is 17.5. The zero-order valence-electron chi connectivity index (χ0n) is 16.7. The predicted molar refractivity (Wildman–Crippen MR) is 118 cm³/mol. The first-order chi connectivity index (χ1) is 14.5. The second kappa shape index (κ2) is 8.69. The maximum absolute atomic E-state index is 12.8. The highest BCUT2D eigenvalue weighted by atomic mass is 32.1. The van der Waals surface area contributed by atoms with Crippen LogP contribution in [0.25, 0.3) is 0 Å². The lowest BCUT2D eigenvalue weighted by atomic mass is 10.0. The minimum absolute atomic E-state index is 0.283. The second-order valence-electron chi connectivity index (χ2n) is 7.08. The van der Waals surface area contributed by atoms with Crippen LogP contribution in [0.5, 0.6) is 11.5 Å². The Balaban J connectivity index is 1.51. The molecule has 0 fully saturated rings. The van der Waals surface area contributed by atoms with Crippen LogP contribution in [0.15, 0.2) is 54.6 Å². The average Bonchev–Trinajstić information content (AvgIpc) is 3.12. The molecular weight excluding hydrogens is 398 g/mol. The highest BCUT2D eigenvalue weighted by Gasteiger charge is 2.27. The molecule has 1 aliphatic heterocycles. The first-order valence-corrected chi connectivity index (χ1v) is 10.7. The third-order valence-electron chi connectivity index (χ3n) is 5.15. The summed E-state index contributed by atoms with van der Waals surface area (Å²) < 4.78 is 5.76. The molecule has 0 spiro atoms. The standard InChI is InChI=1S/C23H23N3O3S/c1-2-26-13-12-18-19(14-26)30-23(20(18)21(24)27)25-22(28)15-8-10-17(11-9-15)29-16-6-4-3-5-7-16/h3-11H,2,12-14H2,1H3,(H2,24,27)(H,25,28). The van der Waals surface area contributed by atoms with Crippen LogP contribution in [0.2, 0.25) is 0 Å². The third kappa shape index (κ3) is 4.22. The normalized spacial score (nSPS) is 13.5. The van der Waals surface area contributed by atoms with E-state index in [4.69, 9.17) is 10.5 Å². The summed E-state index contributed by atoms with van der Waals surface area (Å²) >= 11 is 1.44. The largest absolute Gasteiger partial charge is 0.457 e. The number of ether oxygens (including phenoxy) is 1. The van der Waals surface area contributed by atoms with Gasteiger partial charge in [-0.15, -0.1) is 11.3 Å². The molecule has 1 aliphatic rings. The van der Waals surface area contributed by atoms with Crippen LogP contribution in [0.1, 0.15) is 38.1 Å². The number of carbonyl (C=O) groups excluding carboxylic acids is 2. The van der Waals surface area contributed by atoms with Crippen molar-refractivity contribution in [3.63, 3.8) is 0 Å². The number of thiophene rings is 1. The molecule has 0 unspecified atom stereocenters. The van der Waals surface area contributed by atoms with Gasteiger partial charge in [0, 0.05) is 23.5 Å². The molecule has 30 heavy (non-hydrogen) atoms. The molecule has 7 heteroatoms. The van der Waals surface area contributed by atoms with Crippen molar-refractivity contribution in [1.82, 2.24) is 4.90 Å². The van der Waals surface area contributed by atoms with Gasteiger partial charge in [0.1, 0.15) is 16.5 Å². The van der Waals surface area contributed by atoms with Gasteiger partial charge in [-0.25, -0.2) is 0 Å². The number of nitrogens with one attached hydrogen (secondary N) is 1. The van der Waals surface area contributed by atoms with Crippen LogP contribution in [0.3, 0.4) is 0 Å². The Morgan fingerprint density at radius 2 is 1.80 bits per heavy atom. The van der Waals surface area contributed by atoms with E-state index in [1.54, 1.807) is 24.3 Å². The van der Waals surface area contributed by atoms with Gasteiger partial charge in [0.15, 0.2) is 0 Å². The fraction of sp³-hybridized carbons (Fsp3) is 0.217. The summed E-state index contributed by atoms with van der Waals surface area (Å²) in [5.74, 6) is 0.585. The van der Waals surface area contributed by atoms with Crippen molar-refractivity contribution in [1.29, 1.82) is 0 Å². The Morgan fingerprint density at radius 3 is 2.47 bits per heavy atom. The maximum Gasteiger partial charge on any atom is 0.256 e. The topological polar surface area (TPSA) is 84.7 Å². The molecule has 2 aromatic carbocycles. The summed E-state index contributed by atoms with van der Waals surface area (Å²) in [6.45, 7) is 4.72. The van der Waals surface area contributed by atoms with Crippen LogP contribution in [0, 0.1) is 0 Å². The number of primary amides is 1. The van der Waals surface area contributed by atoms with Crippen molar-refractivity contribution >= 4 is 28.2 Å². The van der Waals surface area contributed by atoms with Crippen LogP contribution >= 0.6 is 11.3 Å². The highest BCUT2D eigenvalue weighted by Crippen LogP contribution is 2.37. The van der Waals surface area contributed by atoms with E-state index >= 15 is 0 Å². The number of anilines is 1. The summed E-state index contributed by atoms with van der Waals surface area (Å²) in [5.41, 5.74) is 7.54. The number of hydrogen-bond donors (Lipinski definition) is 2. The summed E-state index contributed by atoms with van der Waals surface area (Å²) in [5, 5.41) is 3.41. The van der Waals surface area contributed by atoms with Gasteiger partial charge in [0.25, 0.3) is 11.8 Å². The summed E-state index contributed by atoms with van der Waals surface area (Å²) in [6.07, 6.45) is 0.763. The molecule has 6 nitrogen and oxygen atoms in total. The number of para-hydroxylation sites is 1. The van der Waals surface area contributed by atoms with E-state index in [0.717, 1.165) is 42.2 Å².